The second kappa shape index (κ2) is 11.0. The van der Waals surface area contributed by atoms with Crippen molar-refractivity contribution in [2.24, 2.45) is 0 Å². The van der Waals surface area contributed by atoms with E-state index in [1.54, 1.807) is 25.1 Å². The SMILES string of the molecule is CCOC(=O)c1ccc(/C(=C\OC(=O)c2ccccc2)I2OC(C(F)(F)F)(C(F)(F)F)c3ccccc32)cc1. The van der Waals surface area contributed by atoms with Crippen LogP contribution in [0.25, 0.3) is 3.58 Å². The molecule has 39 heavy (non-hydrogen) atoms. The number of benzene rings is 3. The van der Waals surface area contributed by atoms with Crippen molar-refractivity contribution in [2.45, 2.75) is 24.9 Å². The molecule has 0 N–H and O–H groups in total. The molecule has 5 nitrogen and oxygen atoms in total. The summed E-state index contributed by atoms with van der Waals surface area (Å²) in [5.74, 6) is -1.54. The summed E-state index contributed by atoms with van der Waals surface area (Å²) < 4.78 is 100. The van der Waals surface area contributed by atoms with Crippen LogP contribution in [0.1, 0.15) is 38.8 Å². The van der Waals surface area contributed by atoms with Gasteiger partial charge in [0, 0.05) is 0 Å². The van der Waals surface area contributed by atoms with Crippen LogP contribution in [-0.2, 0) is 18.1 Å². The Kier molecular flexibility index (Phi) is 8.07. The number of alkyl halides is 6. The van der Waals surface area contributed by atoms with Crippen molar-refractivity contribution in [1.82, 2.24) is 0 Å². The molecule has 1 aliphatic rings. The molecule has 0 aromatic heterocycles. The molecule has 12 heteroatoms. The Bertz CT molecular complexity index is 1370. The van der Waals surface area contributed by atoms with Crippen molar-refractivity contribution in [3.8, 4) is 0 Å². The summed E-state index contributed by atoms with van der Waals surface area (Å²) in [6, 6.07) is 17.2. The van der Waals surface area contributed by atoms with Gasteiger partial charge in [0.15, 0.2) is 0 Å². The van der Waals surface area contributed by atoms with Gasteiger partial charge in [-0.05, 0) is 0 Å². The van der Waals surface area contributed by atoms with Crippen LogP contribution in [0.3, 0.4) is 0 Å². The van der Waals surface area contributed by atoms with Gasteiger partial charge in [0.2, 0.25) is 0 Å². The van der Waals surface area contributed by atoms with E-state index in [0.717, 1.165) is 24.5 Å². The molecule has 0 fully saturated rings. The maximum atomic E-state index is 14.2. The minimum atomic E-state index is -5.84. The van der Waals surface area contributed by atoms with E-state index in [4.69, 9.17) is 12.5 Å². The van der Waals surface area contributed by atoms with E-state index in [0.29, 0.717) is 0 Å². The predicted molar refractivity (Wildman–Crippen MR) is 136 cm³/mol. The van der Waals surface area contributed by atoms with Crippen molar-refractivity contribution in [3.05, 3.63) is 111 Å². The average Bonchev–Trinajstić information content (AvgIpc) is 3.27. The van der Waals surface area contributed by atoms with Gasteiger partial charge in [-0.1, -0.05) is 0 Å². The first-order chi connectivity index (χ1) is 18.4. The van der Waals surface area contributed by atoms with E-state index < -0.39 is 55.7 Å². The second-order valence-corrected chi connectivity index (χ2v) is 12.2. The van der Waals surface area contributed by atoms with Gasteiger partial charge in [0.1, 0.15) is 0 Å². The summed E-state index contributed by atoms with van der Waals surface area (Å²) in [5, 5.41) is 0. The summed E-state index contributed by atoms with van der Waals surface area (Å²) in [7, 11) is 0. The van der Waals surface area contributed by atoms with E-state index in [9.17, 15) is 35.9 Å². The topological polar surface area (TPSA) is 61.8 Å². The van der Waals surface area contributed by atoms with Gasteiger partial charge in [-0.2, -0.15) is 0 Å². The monoisotopic (exact) mass is 664 g/mol. The number of esters is 2. The van der Waals surface area contributed by atoms with Crippen LogP contribution in [0.2, 0.25) is 0 Å². The summed E-state index contributed by atoms with van der Waals surface area (Å²) in [6.07, 6.45) is -10.8. The van der Waals surface area contributed by atoms with Gasteiger partial charge in [-0.3, -0.25) is 0 Å². The van der Waals surface area contributed by atoms with Gasteiger partial charge < -0.3 is 0 Å². The van der Waals surface area contributed by atoms with Crippen LogP contribution >= 0.6 is 20.2 Å². The summed E-state index contributed by atoms with van der Waals surface area (Å²) in [6.45, 7) is 1.70. The number of carbonyl (C=O) groups excluding carboxylic acids is 2. The summed E-state index contributed by atoms with van der Waals surface area (Å²) >= 11 is -4.06. The quantitative estimate of drug-likeness (QED) is 0.117. The van der Waals surface area contributed by atoms with Crippen LogP contribution in [0.4, 0.5) is 26.3 Å². The average molecular weight is 664 g/mol. The number of ether oxygens (including phenoxy) is 2. The van der Waals surface area contributed by atoms with Gasteiger partial charge in [0.25, 0.3) is 0 Å². The zero-order valence-corrected chi connectivity index (χ0v) is 22.1. The molecule has 3 aromatic rings. The molecule has 0 saturated heterocycles. The number of fused-ring (bicyclic) bond motifs is 1. The Balaban J connectivity index is 1.85. The number of halogens is 7. The van der Waals surface area contributed by atoms with Crippen molar-refractivity contribution in [2.75, 3.05) is 6.61 Å². The van der Waals surface area contributed by atoms with Gasteiger partial charge in [-0.15, -0.1) is 0 Å². The van der Waals surface area contributed by atoms with Crippen molar-refractivity contribution < 1.29 is 48.5 Å². The fourth-order valence-electron chi connectivity index (χ4n) is 3.74. The van der Waals surface area contributed by atoms with Crippen LogP contribution in [0.15, 0.2) is 85.1 Å². The molecule has 4 rings (SSSR count). The zero-order valence-electron chi connectivity index (χ0n) is 20.0. The molecule has 0 amide bonds. The van der Waals surface area contributed by atoms with Crippen LogP contribution in [0.5, 0.6) is 0 Å². The molecule has 206 valence electrons. The first kappa shape index (κ1) is 28.6. The van der Waals surface area contributed by atoms with E-state index in [1.807, 2.05) is 0 Å². The number of hydrogen-bond acceptors (Lipinski definition) is 5. The van der Waals surface area contributed by atoms with E-state index >= 15 is 0 Å². The van der Waals surface area contributed by atoms with E-state index in [2.05, 4.69) is 0 Å². The summed E-state index contributed by atoms with van der Waals surface area (Å²) in [4.78, 5) is 24.6. The Morgan fingerprint density at radius 2 is 1.33 bits per heavy atom. The third-order valence-electron chi connectivity index (χ3n) is 5.57. The molecular formula is C27H19F6IO5. The van der Waals surface area contributed by atoms with E-state index in [1.165, 1.54) is 42.5 Å². The number of rotatable bonds is 6. The second-order valence-electron chi connectivity index (χ2n) is 8.02. The maximum absolute atomic E-state index is 14.2. The number of hydrogen-bond donors (Lipinski definition) is 0. The normalized spacial score (nSPS) is 16.0. The fourth-order valence-corrected chi connectivity index (χ4v) is 9.14. The van der Waals surface area contributed by atoms with Crippen LogP contribution in [-0.4, -0.2) is 30.9 Å². The molecule has 0 radical (unpaired) electrons. The molecule has 0 bridgehead atoms. The van der Waals surface area contributed by atoms with E-state index in [-0.39, 0.29) is 30.4 Å². The Hall–Kier alpha value is -3.39. The molecule has 0 saturated carbocycles. The zero-order chi connectivity index (χ0) is 28.4. The molecule has 0 unspecified atom stereocenters. The standard InChI is InChI=1S/C27H19F6IO5/c1-2-37-23(35)19-14-12-17(13-15-19)22(16-38-24(36)18-8-4-3-5-9-18)34-21-11-7-6-10-20(21)25(39-34,26(28,29)30)27(31,32)33/h3-16H,2H2,1H3/b22-16+. The van der Waals surface area contributed by atoms with Crippen LogP contribution in [0, 0.1) is 3.57 Å². The number of carbonyl (C=O) groups is 2. The molecule has 0 atom stereocenters. The van der Waals surface area contributed by atoms with Gasteiger partial charge in [-0.25, -0.2) is 0 Å². The van der Waals surface area contributed by atoms with Gasteiger partial charge in [0.05, 0.1) is 0 Å². The Morgan fingerprint density at radius 3 is 1.92 bits per heavy atom. The third kappa shape index (κ3) is 5.39. The molecular weight excluding hydrogens is 645 g/mol. The summed E-state index contributed by atoms with van der Waals surface area (Å²) in [5.41, 5.74) is -5.28. The first-order valence-corrected chi connectivity index (χ1v) is 14.3. The molecule has 1 aliphatic heterocycles. The van der Waals surface area contributed by atoms with Crippen molar-refractivity contribution >= 4 is 35.8 Å². The molecule has 0 spiro atoms. The third-order valence-corrected chi connectivity index (χ3v) is 10.6. The Morgan fingerprint density at radius 1 is 0.795 bits per heavy atom. The van der Waals surface area contributed by atoms with Crippen LogP contribution < -0.4 is 0 Å². The van der Waals surface area contributed by atoms with Crippen molar-refractivity contribution in [3.63, 3.8) is 0 Å². The minimum absolute atomic E-state index is 0.0959. The first-order valence-electron chi connectivity index (χ1n) is 11.3. The molecule has 0 aliphatic carbocycles. The fraction of sp³-hybridized carbons (Fsp3) is 0.185. The molecule has 3 aromatic carbocycles. The van der Waals surface area contributed by atoms with Gasteiger partial charge >= 0.3 is 227 Å². The predicted octanol–water partition coefficient (Wildman–Crippen LogP) is 7.66. The van der Waals surface area contributed by atoms with Crippen molar-refractivity contribution in [1.29, 1.82) is 0 Å². The Labute approximate surface area is 226 Å². The molecule has 1 heterocycles.